The third-order valence-electron chi connectivity index (χ3n) is 7.70. The number of nitrogens with one attached hydrogen (secondary N) is 1. The first-order valence-corrected chi connectivity index (χ1v) is 13.9. The van der Waals surface area contributed by atoms with Crippen molar-refractivity contribution in [3.8, 4) is 11.8 Å². The summed E-state index contributed by atoms with van der Waals surface area (Å²) >= 11 is 7.87. The Morgan fingerprint density at radius 3 is 2.82 bits per heavy atom. The first-order chi connectivity index (χ1) is 18.5. The Balaban J connectivity index is 1.20. The molecule has 0 amide bonds. The Kier molecular flexibility index (Phi) is 6.66. The van der Waals surface area contributed by atoms with Crippen molar-refractivity contribution in [2.75, 3.05) is 37.3 Å². The fraction of sp³-hybridized carbons (Fsp3) is 0.321. The van der Waals surface area contributed by atoms with Gasteiger partial charge in [-0.2, -0.15) is 0 Å². The highest BCUT2D eigenvalue weighted by Crippen LogP contribution is 2.51. The van der Waals surface area contributed by atoms with Crippen molar-refractivity contribution >= 4 is 40.8 Å². The molecule has 1 fully saturated rings. The zero-order chi connectivity index (χ0) is 26.3. The molecule has 1 aliphatic heterocycles. The lowest BCUT2D eigenvalue weighted by atomic mass is 9.73. The molecule has 8 nitrogen and oxygen atoms in total. The van der Waals surface area contributed by atoms with Crippen molar-refractivity contribution in [1.29, 1.82) is 0 Å². The molecular weight excluding hydrogens is 516 g/mol. The van der Waals surface area contributed by atoms with Crippen LogP contribution in [0.4, 0.5) is 11.8 Å². The molecule has 2 aliphatic rings. The second-order valence-electron chi connectivity index (χ2n) is 9.90. The molecule has 0 bridgehead atoms. The Hall–Kier alpha value is -3.29. The number of halogens is 1. The van der Waals surface area contributed by atoms with Gasteiger partial charge in [0, 0.05) is 54.4 Å². The van der Waals surface area contributed by atoms with Gasteiger partial charge in [0.2, 0.25) is 5.95 Å². The SMILES string of the molecule is CNCC#Cc1ccc2c(c1)[C@@H](N)C1(CCN(c3ncc(Sc4ccnc(N)c4Cl)c4nccn34)CC1)C2. The van der Waals surface area contributed by atoms with Crippen LogP contribution < -0.4 is 21.7 Å². The number of fused-ring (bicyclic) bond motifs is 2. The summed E-state index contributed by atoms with van der Waals surface area (Å²) in [6.07, 6.45) is 10.3. The number of hydrogen-bond donors (Lipinski definition) is 3. The molecule has 194 valence electrons. The Bertz CT molecular complexity index is 1560. The average molecular weight is 545 g/mol. The van der Waals surface area contributed by atoms with E-state index in [9.17, 15) is 0 Å². The van der Waals surface area contributed by atoms with E-state index in [0.29, 0.717) is 17.4 Å². The van der Waals surface area contributed by atoms with Crippen LogP contribution in [0.25, 0.3) is 5.65 Å². The quantitative estimate of drug-likeness (QED) is 0.332. The van der Waals surface area contributed by atoms with Crippen LogP contribution in [0.3, 0.4) is 0 Å². The van der Waals surface area contributed by atoms with Crippen molar-refractivity contribution in [3.63, 3.8) is 0 Å². The highest BCUT2D eigenvalue weighted by Gasteiger charge is 2.46. The first-order valence-electron chi connectivity index (χ1n) is 12.7. The topological polar surface area (TPSA) is 110 Å². The monoisotopic (exact) mass is 544 g/mol. The van der Waals surface area contributed by atoms with Gasteiger partial charge in [-0.15, -0.1) is 0 Å². The van der Waals surface area contributed by atoms with Gasteiger partial charge >= 0.3 is 0 Å². The lowest BCUT2D eigenvalue weighted by Crippen LogP contribution is -2.45. The summed E-state index contributed by atoms with van der Waals surface area (Å²) in [7, 11) is 1.90. The van der Waals surface area contributed by atoms with Crippen LogP contribution in [0, 0.1) is 17.3 Å². The van der Waals surface area contributed by atoms with Gasteiger partial charge in [0.05, 0.1) is 16.5 Å². The lowest BCUT2D eigenvalue weighted by molar-refractivity contribution is 0.186. The Labute approximate surface area is 231 Å². The van der Waals surface area contributed by atoms with Gasteiger partial charge in [-0.25, -0.2) is 15.0 Å². The standard InChI is InChI=1S/C28H29ClN8S/c1-32-9-2-3-18-4-5-19-16-28(24(30)20(19)15-18)7-12-36(13-8-28)27-35-17-22(26-34-11-14-37(26)27)38-21-6-10-33-25(31)23(21)29/h4-6,10-11,14-15,17,24,32H,7-9,12-13,16,30H2,1H3,(H2,31,33)/t24-/m1/s1. The number of benzene rings is 1. The summed E-state index contributed by atoms with van der Waals surface area (Å²) in [6.45, 7) is 2.44. The molecule has 1 aliphatic carbocycles. The van der Waals surface area contributed by atoms with E-state index in [1.54, 1.807) is 12.4 Å². The summed E-state index contributed by atoms with van der Waals surface area (Å²) in [5.41, 5.74) is 17.4. The highest BCUT2D eigenvalue weighted by atomic mass is 35.5. The maximum atomic E-state index is 6.92. The zero-order valence-electron chi connectivity index (χ0n) is 21.1. The van der Waals surface area contributed by atoms with Gasteiger partial charge in [-0.05, 0) is 61.1 Å². The number of rotatable bonds is 4. The van der Waals surface area contributed by atoms with Crippen molar-refractivity contribution in [2.45, 2.75) is 35.1 Å². The van der Waals surface area contributed by atoms with Crippen LogP contribution in [-0.2, 0) is 6.42 Å². The summed E-state index contributed by atoms with van der Waals surface area (Å²) < 4.78 is 2.05. The third-order valence-corrected chi connectivity index (χ3v) is 9.27. The minimum Gasteiger partial charge on any atom is -0.382 e. The fourth-order valence-electron chi connectivity index (χ4n) is 5.64. The number of nitrogens with zero attached hydrogens (tertiary/aromatic N) is 5. The average Bonchev–Trinajstić information content (AvgIpc) is 3.52. The highest BCUT2D eigenvalue weighted by molar-refractivity contribution is 7.99. The second kappa shape index (κ2) is 10.1. The number of nitrogen functional groups attached to an aromatic ring is 1. The van der Waals surface area contributed by atoms with E-state index in [2.05, 4.69) is 54.6 Å². The predicted octanol–water partition coefficient (Wildman–Crippen LogP) is 3.92. The number of piperidine rings is 1. The molecule has 1 saturated heterocycles. The molecule has 0 radical (unpaired) electrons. The molecule has 3 aromatic heterocycles. The molecule has 4 heterocycles. The maximum Gasteiger partial charge on any atom is 0.211 e. The first kappa shape index (κ1) is 25.0. The molecule has 0 unspecified atom stereocenters. The van der Waals surface area contributed by atoms with E-state index in [-0.39, 0.29) is 11.5 Å². The van der Waals surface area contributed by atoms with E-state index in [0.717, 1.165) is 59.3 Å². The van der Waals surface area contributed by atoms with Gasteiger partial charge in [-0.1, -0.05) is 41.3 Å². The summed E-state index contributed by atoms with van der Waals surface area (Å²) in [6, 6.07) is 8.40. The van der Waals surface area contributed by atoms with Crippen LogP contribution >= 0.6 is 23.4 Å². The maximum absolute atomic E-state index is 6.92. The van der Waals surface area contributed by atoms with Gasteiger partial charge in [0.15, 0.2) is 5.65 Å². The van der Waals surface area contributed by atoms with Crippen LogP contribution in [0.15, 0.2) is 58.8 Å². The van der Waals surface area contributed by atoms with E-state index < -0.39 is 0 Å². The van der Waals surface area contributed by atoms with Crippen molar-refractivity contribution in [2.24, 2.45) is 11.1 Å². The van der Waals surface area contributed by atoms with E-state index in [4.69, 9.17) is 28.1 Å². The number of anilines is 2. The number of hydrogen-bond acceptors (Lipinski definition) is 8. The zero-order valence-corrected chi connectivity index (χ0v) is 22.7. The number of aromatic nitrogens is 4. The molecule has 0 saturated carbocycles. The summed E-state index contributed by atoms with van der Waals surface area (Å²) in [4.78, 5) is 17.6. The van der Waals surface area contributed by atoms with E-state index >= 15 is 0 Å². The van der Waals surface area contributed by atoms with Crippen molar-refractivity contribution in [3.05, 3.63) is 70.8 Å². The van der Waals surface area contributed by atoms with Crippen LogP contribution in [-0.4, -0.2) is 46.0 Å². The van der Waals surface area contributed by atoms with Gasteiger partial charge in [-0.3, -0.25) is 4.40 Å². The summed E-state index contributed by atoms with van der Waals surface area (Å²) in [5.74, 6) is 7.60. The number of pyridine rings is 1. The molecule has 1 spiro atoms. The van der Waals surface area contributed by atoms with Gasteiger partial charge in [0.1, 0.15) is 5.82 Å². The smallest absolute Gasteiger partial charge is 0.211 e. The Morgan fingerprint density at radius 1 is 1.16 bits per heavy atom. The molecular formula is C28H29ClN8S. The second-order valence-corrected chi connectivity index (χ2v) is 11.4. The third kappa shape index (κ3) is 4.37. The number of imidazole rings is 1. The van der Waals surface area contributed by atoms with Gasteiger partial charge < -0.3 is 21.7 Å². The molecule has 38 heavy (non-hydrogen) atoms. The van der Waals surface area contributed by atoms with Crippen molar-refractivity contribution in [1.82, 2.24) is 24.7 Å². The molecule has 1 aromatic carbocycles. The summed E-state index contributed by atoms with van der Waals surface area (Å²) in [5, 5.41) is 3.51. The van der Waals surface area contributed by atoms with Crippen LogP contribution in [0.5, 0.6) is 0 Å². The normalized spacial score (nSPS) is 18.0. The minimum absolute atomic E-state index is 0.0169. The lowest BCUT2D eigenvalue weighted by Gasteiger charge is -2.42. The Morgan fingerprint density at radius 2 is 2.00 bits per heavy atom. The van der Waals surface area contributed by atoms with E-state index in [1.165, 1.54) is 22.9 Å². The van der Waals surface area contributed by atoms with Crippen LogP contribution in [0.1, 0.15) is 35.6 Å². The fourth-order valence-corrected chi connectivity index (χ4v) is 6.78. The van der Waals surface area contributed by atoms with Crippen LogP contribution in [0.2, 0.25) is 5.02 Å². The van der Waals surface area contributed by atoms with Gasteiger partial charge in [0.25, 0.3) is 0 Å². The molecule has 10 heteroatoms. The van der Waals surface area contributed by atoms with Crippen molar-refractivity contribution < 1.29 is 0 Å². The molecule has 6 rings (SSSR count). The molecule has 4 aromatic rings. The predicted molar refractivity (Wildman–Crippen MR) is 153 cm³/mol. The number of nitrogens with two attached hydrogens (primary N) is 2. The molecule has 1 atom stereocenters. The molecule has 5 N–H and O–H groups in total. The van der Waals surface area contributed by atoms with E-state index in [1.807, 2.05) is 25.5 Å². The minimum atomic E-state index is 0.0169. The largest absolute Gasteiger partial charge is 0.382 e.